The molecule has 0 aliphatic rings. The van der Waals surface area contributed by atoms with E-state index in [1.54, 1.807) is 48.5 Å². The summed E-state index contributed by atoms with van der Waals surface area (Å²) in [7, 11) is 0. The average Bonchev–Trinajstić information content (AvgIpc) is 2.62. The van der Waals surface area contributed by atoms with Crippen LogP contribution in [0.15, 0.2) is 48.5 Å². The van der Waals surface area contributed by atoms with Crippen molar-refractivity contribution in [2.75, 3.05) is 10.6 Å². The van der Waals surface area contributed by atoms with Crippen molar-refractivity contribution in [3.8, 4) is 0 Å². The molecule has 0 bridgehead atoms. The molecule has 0 saturated carbocycles. The van der Waals surface area contributed by atoms with Gasteiger partial charge in [-0.1, -0.05) is 29.3 Å². The van der Waals surface area contributed by atoms with Crippen molar-refractivity contribution in [2.45, 2.75) is 6.92 Å². The maximum absolute atomic E-state index is 12.0. The summed E-state index contributed by atoms with van der Waals surface area (Å²) in [5, 5.41) is 12.1. The van der Waals surface area contributed by atoms with Gasteiger partial charge >= 0.3 is 0 Å². The van der Waals surface area contributed by atoms with Crippen molar-refractivity contribution in [3.63, 3.8) is 0 Å². The number of hydrogen-bond acceptors (Lipinski definition) is 4. The second-order valence-corrected chi connectivity index (χ2v) is 7.32. The van der Waals surface area contributed by atoms with Crippen molar-refractivity contribution in [3.05, 3.63) is 64.1 Å². The molecule has 0 atom stereocenters. The topological polar surface area (TPSA) is 82.3 Å². The van der Waals surface area contributed by atoms with Crippen LogP contribution in [0.2, 0.25) is 10.0 Å². The van der Waals surface area contributed by atoms with Gasteiger partial charge in [-0.05, 0) is 72.5 Å². The zero-order valence-corrected chi connectivity index (χ0v) is 18.2. The number of thiocarbonyl (C=S) groups is 2. The molecule has 2 rings (SSSR count). The lowest BCUT2D eigenvalue weighted by Crippen LogP contribution is -2.33. The van der Waals surface area contributed by atoms with Crippen molar-refractivity contribution in [2.24, 2.45) is 0 Å². The van der Waals surface area contributed by atoms with Crippen LogP contribution in [0.25, 0.3) is 6.08 Å². The molecule has 0 aliphatic carbocycles. The summed E-state index contributed by atoms with van der Waals surface area (Å²) >= 11 is 22.0. The quantitative estimate of drug-likeness (QED) is 0.396. The van der Waals surface area contributed by atoms with Gasteiger partial charge in [0.05, 0.1) is 0 Å². The largest absolute Gasteiger partial charge is 0.332 e. The molecule has 0 radical (unpaired) electrons. The highest BCUT2D eigenvalue weighted by Gasteiger charge is 2.04. The smallest absolute Gasteiger partial charge is 0.250 e. The third kappa shape index (κ3) is 8.16. The molecule has 0 unspecified atom stereocenters. The minimum atomic E-state index is -0.410. The molecule has 4 N–H and O–H groups in total. The lowest BCUT2D eigenvalue weighted by Gasteiger charge is -2.11. The Kier molecular flexibility index (Phi) is 8.53. The number of rotatable bonds is 4. The van der Waals surface area contributed by atoms with Gasteiger partial charge in [0.1, 0.15) is 0 Å². The van der Waals surface area contributed by atoms with Crippen LogP contribution in [0.5, 0.6) is 0 Å². The normalized spacial score (nSPS) is 10.3. The van der Waals surface area contributed by atoms with E-state index in [0.29, 0.717) is 27.0 Å². The highest BCUT2D eigenvalue weighted by Crippen LogP contribution is 2.21. The first-order chi connectivity index (χ1) is 13.7. The molecule has 150 valence electrons. The first-order valence-electron chi connectivity index (χ1n) is 8.16. The Bertz CT molecular complexity index is 979. The minimum absolute atomic E-state index is 0.135. The minimum Gasteiger partial charge on any atom is -0.332 e. The second kappa shape index (κ2) is 10.9. The molecule has 0 aromatic heterocycles. The number of benzene rings is 2. The Morgan fingerprint density at radius 2 is 1.45 bits per heavy atom. The number of anilines is 2. The zero-order chi connectivity index (χ0) is 21.4. The van der Waals surface area contributed by atoms with Gasteiger partial charge in [0, 0.05) is 34.4 Å². The molecule has 0 heterocycles. The predicted octanol–water partition coefficient (Wildman–Crippen LogP) is 4.35. The monoisotopic (exact) mass is 466 g/mol. The maximum atomic E-state index is 12.0. The predicted molar refractivity (Wildman–Crippen MR) is 126 cm³/mol. The molecular formula is C19H16Cl2N4O2S2. The summed E-state index contributed by atoms with van der Waals surface area (Å²) < 4.78 is 0. The molecule has 10 heteroatoms. The van der Waals surface area contributed by atoms with Crippen LogP contribution in [0.1, 0.15) is 12.5 Å². The average molecular weight is 467 g/mol. The van der Waals surface area contributed by atoms with E-state index in [9.17, 15) is 9.59 Å². The van der Waals surface area contributed by atoms with E-state index >= 15 is 0 Å². The van der Waals surface area contributed by atoms with Crippen molar-refractivity contribution in [1.82, 2.24) is 10.6 Å². The molecule has 0 aliphatic heterocycles. The summed E-state index contributed by atoms with van der Waals surface area (Å²) in [6, 6.07) is 11.9. The molecular weight excluding hydrogens is 451 g/mol. The van der Waals surface area contributed by atoms with E-state index in [1.165, 1.54) is 13.0 Å². The van der Waals surface area contributed by atoms with E-state index in [2.05, 4.69) is 21.3 Å². The zero-order valence-electron chi connectivity index (χ0n) is 15.1. The maximum Gasteiger partial charge on any atom is 0.250 e. The molecule has 2 aromatic carbocycles. The fourth-order valence-electron chi connectivity index (χ4n) is 2.08. The number of carbonyl (C=O) groups excluding carboxylic acids is 2. The lowest BCUT2D eigenvalue weighted by atomic mass is 10.2. The van der Waals surface area contributed by atoms with Gasteiger partial charge in [-0.15, -0.1) is 0 Å². The molecule has 0 spiro atoms. The summed E-state index contributed by atoms with van der Waals surface area (Å²) in [6.07, 6.45) is 2.88. The standard InChI is InChI=1S/C19H16Cl2N4O2S2/c1-11(26)22-18(28)23-14-5-7-15(8-6-14)24-19(29)25-17(27)9-3-12-2-4-13(20)10-16(12)21/h2-10H,1H3,(H2,22,23,26,28)(H2,24,25,27,29). The van der Waals surface area contributed by atoms with E-state index < -0.39 is 5.91 Å². The second-order valence-electron chi connectivity index (χ2n) is 5.66. The van der Waals surface area contributed by atoms with Gasteiger partial charge < -0.3 is 16.0 Å². The summed E-state index contributed by atoms with van der Waals surface area (Å²) in [5.41, 5.74) is 2.01. The number of hydrogen-bond donors (Lipinski definition) is 4. The van der Waals surface area contributed by atoms with Crippen molar-refractivity contribution in [1.29, 1.82) is 0 Å². The Hall–Kier alpha value is -2.52. The molecule has 2 aromatic rings. The molecule has 6 nitrogen and oxygen atoms in total. The number of nitrogens with one attached hydrogen (secondary N) is 4. The van der Waals surface area contributed by atoms with Gasteiger partial charge in [-0.25, -0.2) is 0 Å². The lowest BCUT2D eigenvalue weighted by molar-refractivity contribution is -0.117. The molecule has 0 fully saturated rings. The van der Waals surface area contributed by atoms with Crippen LogP contribution < -0.4 is 21.3 Å². The van der Waals surface area contributed by atoms with Crippen LogP contribution >= 0.6 is 47.6 Å². The fraction of sp³-hybridized carbons (Fsp3) is 0.0526. The van der Waals surface area contributed by atoms with E-state index in [0.717, 1.165) is 0 Å². The summed E-state index contributed by atoms with van der Waals surface area (Å²) in [6.45, 7) is 1.37. The van der Waals surface area contributed by atoms with Crippen molar-refractivity contribution < 1.29 is 9.59 Å². The third-order valence-electron chi connectivity index (χ3n) is 3.30. The Morgan fingerprint density at radius 1 is 0.897 bits per heavy atom. The van der Waals surface area contributed by atoms with Crippen LogP contribution in [-0.2, 0) is 9.59 Å². The Balaban J connectivity index is 1.86. The van der Waals surface area contributed by atoms with Gasteiger partial charge in [-0.3, -0.25) is 14.9 Å². The summed E-state index contributed by atoms with van der Waals surface area (Å²) in [4.78, 5) is 23.0. The van der Waals surface area contributed by atoms with E-state index in [4.69, 9.17) is 47.6 Å². The fourth-order valence-corrected chi connectivity index (χ4v) is 3.03. The highest BCUT2D eigenvalue weighted by atomic mass is 35.5. The van der Waals surface area contributed by atoms with Crippen LogP contribution in [0.4, 0.5) is 11.4 Å². The Labute approximate surface area is 188 Å². The molecule has 2 amide bonds. The van der Waals surface area contributed by atoms with E-state index in [1.807, 2.05) is 0 Å². The Morgan fingerprint density at radius 3 is 1.97 bits per heavy atom. The van der Waals surface area contributed by atoms with Gasteiger partial charge in [-0.2, -0.15) is 0 Å². The van der Waals surface area contributed by atoms with Gasteiger partial charge in [0.15, 0.2) is 10.2 Å². The number of halogens is 2. The van der Waals surface area contributed by atoms with Crippen LogP contribution in [0, 0.1) is 0 Å². The third-order valence-corrected chi connectivity index (χ3v) is 4.27. The first kappa shape index (κ1) is 22.8. The van der Waals surface area contributed by atoms with Crippen LogP contribution in [0.3, 0.4) is 0 Å². The van der Waals surface area contributed by atoms with Crippen molar-refractivity contribution >= 4 is 87.1 Å². The molecule has 0 saturated heterocycles. The first-order valence-corrected chi connectivity index (χ1v) is 9.74. The summed E-state index contributed by atoms with van der Waals surface area (Å²) in [5.74, 6) is -0.665. The van der Waals surface area contributed by atoms with Gasteiger partial charge in [0.25, 0.3) is 0 Å². The molecule has 29 heavy (non-hydrogen) atoms. The van der Waals surface area contributed by atoms with Gasteiger partial charge in [0.2, 0.25) is 11.8 Å². The van der Waals surface area contributed by atoms with Crippen LogP contribution in [-0.4, -0.2) is 22.0 Å². The van der Waals surface area contributed by atoms with E-state index in [-0.39, 0.29) is 16.1 Å². The highest BCUT2D eigenvalue weighted by molar-refractivity contribution is 7.80. The number of carbonyl (C=O) groups is 2. The SMILES string of the molecule is CC(=O)NC(=S)Nc1ccc(NC(=S)NC(=O)C=Cc2ccc(Cl)cc2Cl)cc1. The number of amides is 2.